The zero-order valence-corrected chi connectivity index (χ0v) is 18.5. The van der Waals surface area contributed by atoms with Crippen molar-refractivity contribution in [2.75, 3.05) is 19.1 Å². The molecule has 1 amide bonds. The van der Waals surface area contributed by atoms with Crippen molar-refractivity contribution in [3.8, 4) is 11.5 Å². The second-order valence-corrected chi connectivity index (χ2v) is 7.65. The summed E-state index contributed by atoms with van der Waals surface area (Å²) in [5.41, 5.74) is 0.697. The van der Waals surface area contributed by atoms with Gasteiger partial charge in [-0.2, -0.15) is 0 Å². The van der Waals surface area contributed by atoms with Crippen LogP contribution in [0.2, 0.25) is 5.02 Å². The van der Waals surface area contributed by atoms with Gasteiger partial charge in [0.15, 0.2) is 0 Å². The van der Waals surface area contributed by atoms with Gasteiger partial charge in [-0.3, -0.25) is 14.5 Å². The zero-order valence-electron chi connectivity index (χ0n) is 17.7. The quantitative estimate of drug-likeness (QED) is 0.320. The summed E-state index contributed by atoms with van der Waals surface area (Å²) in [5.74, 6) is -2.41. The highest BCUT2D eigenvalue weighted by molar-refractivity contribution is 6.51. The van der Waals surface area contributed by atoms with E-state index in [2.05, 4.69) is 0 Å². The molecule has 1 atom stereocenters. The highest BCUT2D eigenvalue weighted by Crippen LogP contribution is 2.44. The summed E-state index contributed by atoms with van der Waals surface area (Å²) in [5, 5.41) is 11.6. The number of Topliss-reactive ketones (excluding diaryl/α,β-unsaturated/α-hetero) is 1. The van der Waals surface area contributed by atoms with Crippen LogP contribution in [0, 0.1) is 5.82 Å². The fourth-order valence-electron chi connectivity index (χ4n) is 3.87. The lowest BCUT2D eigenvalue weighted by Gasteiger charge is -2.25. The molecule has 3 aromatic carbocycles. The fourth-order valence-corrected chi connectivity index (χ4v) is 4.10. The third kappa shape index (κ3) is 3.91. The van der Waals surface area contributed by atoms with E-state index < -0.39 is 29.3 Å². The SMILES string of the molecule is COc1cc(/C(O)=C2\C(=O)C(=O)N(c3cccc(F)c3)C2c2ccccc2)c(OC)cc1Cl. The number of hydrogen-bond acceptors (Lipinski definition) is 5. The normalized spacial score (nSPS) is 17.3. The number of methoxy groups -OCH3 is 2. The van der Waals surface area contributed by atoms with Crippen molar-refractivity contribution in [2.24, 2.45) is 0 Å². The van der Waals surface area contributed by atoms with E-state index in [-0.39, 0.29) is 33.3 Å². The molecule has 1 N–H and O–H groups in total. The molecule has 0 spiro atoms. The van der Waals surface area contributed by atoms with Crippen LogP contribution in [-0.2, 0) is 9.59 Å². The van der Waals surface area contributed by atoms with E-state index in [4.69, 9.17) is 21.1 Å². The molecule has 168 valence electrons. The number of anilines is 1. The molecule has 0 saturated carbocycles. The second kappa shape index (κ2) is 8.96. The van der Waals surface area contributed by atoms with Crippen LogP contribution in [-0.4, -0.2) is 31.0 Å². The number of halogens is 2. The summed E-state index contributed by atoms with van der Waals surface area (Å²) >= 11 is 6.17. The largest absolute Gasteiger partial charge is 0.507 e. The Labute approximate surface area is 194 Å². The smallest absolute Gasteiger partial charge is 0.300 e. The second-order valence-electron chi connectivity index (χ2n) is 7.25. The van der Waals surface area contributed by atoms with Gasteiger partial charge in [0.2, 0.25) is 0 Å². The van der Waals surface area contributed by atoms with Crippen LogP contribution >= 0.6 is 11.6 Å². The van der Waals surface area contributed by atoms with Crippen molar-refractivity contribution < 1.29 is 28.6 Å². The molecule has 33 heavy (non-hydrogen) atoms. The van der Waals surface area contributed by atoms with Crippen LogP contribution in [0.1, 0.15) is 17.2 Å². The van der Waals surface area contributed by atoms with Gasteiger partial charge in [0, 0.05) is 11.8 Å². The summed E-state index contributed by atoms with van der Waals surface area (Å²) < 4.78 is 24.6. The summed E-state index contributed by atoms with van der Waals surface area (Å²) in [4.78, 5) is 27.5. The molecular weight excluding hydrogens is 449 g/mol. The minimum absolute atomic E-state index is 0.122. The number of aliphatic hydroxyl groups excluding tert-OH is 1. The highest BCUT2D eigenvalue weighted by Gasteiger charge is 2.47. The first-order valence-electron chi connectivity index (χ1n) is 9.90. The monoisotopic (exact) mass is 467 g/mol. The van der Waals surface area contributed by atoms with Crippen LogP contribution < -0.4 is 14.4 Å². The first-order valence-corrected chi connectivity index (χ1v) is 10.3. The lowest BCUT2D eigenvalue weighted by atomic mass is 9.94. The number of ketones is 1. The summed E-state index contributed by atoms with van der Waals surface area (Å²) in [6.45, 7) is 0. The molecule has 1 unspecified atom stereocenters. The summed E-state index contributed by atoms with van der Waals surface area (Å²) in [6, 6.07) is 15.9. The molecule has 0 aliphatic carbocycles. The molecule has 1 aliphatic rings. The Morgan fingerprint density at radius 1 is 0.970 bits per heavy atom. The van der Waals surface area contributed by atoms with Gasteiger partial charge in [-0.25, -0.2) is 4.39 Å². The molecule has 1 heterocycles. The topological polar surface area (TPSA) is 76.1 Å². The lowest BCUT2D eigenvalue weighted by Crippen LogP contribution is -2.29. The Balaban J connectivity index is 1.99. The summed E-state index contributed by atoms with van der Waals surface area (Å²) in [7, 11) is 2.79. The van der Waals surface area contributed by atoms with Crippen LogP contribution in [0.3, 0.4) is 0 Å². The maximum absolute atomic E-state index is 14.0. The van der Waals surface area contributed by atoms with E-state index >= 15 is 0 Å². The number of carbonyl (C=O) groups is 2. The maximum atomic E-state index is 14.0. The van der Waals surface area contributed by atoms with Crippen molar-refractivity contribution in [1.82, 2.24) is 0 Å². The Morgan fingerprint density at radius 2 is 1.67 bits per heavy atom. The van der Waals surface area contributed by atoms with Gasteiger partial charge >= 0.3 is 0 Å². The molecule has 1 aliphatic heterocycles. The Hall–Kier alpha value is -3.84. The highest BCUT2D eigenvalue weighted by atomic mass is 35.5. The van der Waals surface area contributed by atoms with Crippen LogP contribution in [0.25, 0.3) is 5.76 Å². The Kier molecular flexibility index (Phi) is 6.07. The van der Waals surface area contributed by atoms with Gasteiger partial charge in [0.25, 0.3) is 11.7 Å². The van der Waals surface area contributed by atoms with Crippen LogP contribution in [0.15, 0.2) is 72.3 Å². The van der Waals surface area contributed by atoms with Gasteiger partial charge in [-0.15, -0.1) is 0 Å². The molecule has 4 rings (SSSR count). The van der Waals surface area contributed by atoms with Gasteiger partial charge < -0.3 is 14.6 Å². The van der Waals surface area contributed by atoms with E-state index in [9.17, 15) is 19.1 Å². The molecule has 0 radical (unpaired) electrons. The number of amides is 1. The van der Waals surface area contributed by atoms with E-state index in [0.717, 1.165) is 6.07 Å². The number of nitrogens with zero attached hydrogens (tertiary/aromatic N) is 1. The number of rotatable bonds is 5. The minimum Gasteiger partial charge on any atom is -0.507 e. The van der Waals surface area contributed by atoms with Gasteiger partial charge in [-0.05, 0) is 29.8 Å². The number of benzene rings is 3. The zero-order chi connectivity index (χ0) is 23.7. The first kappa shape index (κ1) is 22.4. The molecule has 8 heteroatoms. The average molecular weight is 468 g/mol. The number of carbonyl (C=O) groups excluding carboxylic acids is 2. The minimum atomic E-state index is -1.00. The van der Waals surface area contributed by atoms with Crippen molar-refractivity contribution in [2.45, 2.75) is 6.04 Å². The molecule has 1 fully saturated rings. The van der Waals surface area contributed by atoms with Gasteiger partial charge in [0.05, 0.1) is 36.4 Å². The molecular formula is C25H19ClFNO5. The number of aliphatic hydroxyl groups is 1. The predicted molar refractivity (Wildman–Crippen MR) is 122 cm³/mol. The standard InChI is InChI=1S/C25H19ClFNO5/c1-32-19-13-18(26)20(33-2)12-17(19)23(29)21-22(14-7-4-3-5-8-14)28(25(31)24(21)30)16-10-6-9-15(27)11-16/h3-13,22,29H,1-2H3/b23-21+. The predicted octanol–water partition coefficient (Wildman–Crippen LogP) is 5.12. The number of ether oxygens (including phenoxy) is 2. The van der Waals surface area contributed by atoms with Crippen molar-refractivity contribution in [3.63, 3.8) is 0 Å². The molecule has 3 aromatic rings. The van der Waals surface area contributed by atoms with E-state index in [1.807, 2.05) is 0 Å². The molecule has 0 bridgehead atoms. The van der Waals surface area contributed by atoms with Crippen molar-refractivity contribution in [3.05, 3.63) is 94.3 Å². The molecule has 1 saturated heterocycles. The summed E-state index contributed by atoms with van der Waals surface area (Å²) in [6.07, 6.45) is 0. The first-order chi connectivity index (χ1) is 15.9. The fraction of sp³-hybridized carbons (Fsp3) is 0.120. The van der Waals surface area contributed by atoms with Crippen molar-refractivity contribution >= 4 is 34.7 Å². The van der Waals surface area contributed by atoms with Gasteiger partial charge in [0.1, 0.15) is 23.1 Å². The average Bonchev–Trinajstić information content (AvgIpc) is 3.09. The number of hydrogen-bond donors (Lipinski definition) is 1. The van der Waals surface area contributed by atoms with E-state index in [1.165, 1.54) is 49.5 Å². The molecule has 6 nitrogen and oxygen atoms in total. The third-order valence-corrected chi connectivity index (χ3v) is 5.67. The Morgan fingerprint density at radius 3 is 2.30 bits per heavy atom. The Bertz CT molecular complexity index is 1280. The third-order valence-electron chi connectivity index (χ3n) is 5.38. The van der Waals surface area contributed by atoms with E-state index in [0.29, 0.717) is 5.56 Å². The van der Waals surface area contributed by atoms with Crippen LogP contribution in [0.4, 0.5) is 10.1 Å². The lowest BCUT2D eigenvalue weighted by molar-refractivity contribution is -0.132. The molecule has 0 aromatic heterocycles. The van der Waals surface area contributed by atoms with Crippen LogP contribution in [0.5, 0.6) is 11.5 Å². The van der Waals surface area contributed by atoms with Crippen molar-refractivity contribution in [1.29, 1.82) is 0 Å². The maximum Gasteiger partial charge on any atom is 0.300 e. The van der Waals surface area contributed by atoms with Gasteiger partial charge in [-0.1, -0.05) is 48.0 Å². The van der Waals surface area contributed by atoms with E-state index in [1.54, 1.807) is 30.3 Å².